The molecule has 1 aliphatic heterocycles. The summed E-state index contributed by atoms with van der Waals surface area (Å²) in [4.78, 5) is 6.68. The third kappa shape index (κ3) is 5.55. The number of hydrogen-bond donors (Lipinski definition) is 2. The first-order valence-electron chi connectivity index (χ1n) is 9.72. The molecule has 2 heterocycles. The van der Waals surface area contributed by atoms with Gasteiger partial charge in [-0.1, -0.05) is 0 Å². The number of aliphatic hydroxyl groups excluding tert-OH is 1. The number of anilines is 1. The minimum absolute atomic E-state index is 0.0784. The van der Waals surface area contributed by atoms with Crippen LogP contribution in [-0.2, 0) is 4.74 Å². The number of hydrogen-bond acceptors (Lipinski definition) is 7. The minimum atomic E-state index is -0.970. The largest absolute Gasteiger partial charge is 0.473 e. The molecule has 7 nitrogen and oxygen atoms in total. The Morgan fingerprint density at radius 1 is 1.33 bits per heavy atom. The molecule has 2 aliphatic rings. The maximum Gasteiger partial charge on any atom is 0.237 e. The number of nitrogens with one attached hydrogen (secondary N) is 1. The van der Waals surface area contributed by atoms with Gasteiger partial charge in [0, 0.05) is 44.1 Å². The van der Waals surface area contributed by atoms with Crippen molar-refractivity contribution < 1.29 is 14.6 Å². The summed E-state index contributed by atoms with van der Waals surface area (Å²) >= 11 is 0. The number of ether oxygens (including phenoxy) is 2. The van der Waals surface area contributed by atoms with Gasteiger partial charge in [-0.25, -0.2) is 4.98 Å². The van der Waals surface area contributed by atoms with Crippen molar-refractivity contribution >= 4 is 5.69 Å². The zero-order valence-corrected chi connectivity index (χ0v) is 16.4. The van der Waals surface area contributed by atoms with Crippen molar-refractivity contribution in [3.63, 3.8) is 0 Å². The molecule has 2 N–H and O–H groups in total. The summed E-state index contributed by atoms with van der Waals surface area (Å²) < 4.78 is 11.6. The highest BCUT2D eigenvalue weighted by Gasteiger charge is 2.34. The molecule has 0 radical (unpaired) electrons. The van der Waals surface area contributed by atoms with Crippen molar-refractivity contribution in [1.82, 2.24) is 10.3 Å². The Kier molecular flexibility index (Phi) is 6.20. The van der Waals surface area contributed by atoms with Crippen LogP contribution >= 0.6 is 0 Å². The Labute approximate surface area is 161 Å². The topological polar surface area (TPSA) is 90.6 Å². The van der Waals surface area contributed by atoms with Crippen LogP contribution in [0.2, 0.25) is 0 Å². The quantitative estimate of drug-likeness (QED) is 0.739. The first-order chi connectivity index (χ1) is 12.8. The average molecular weight is 374 g/mol. The predicted octanol–water partition coefficient (Wildman–Crippen LogP) is 2.41. The van der Waals surface area contributed by atoms with Crippen molar-refractivity contribution in [2.24, 2.45) is 5.92 Å². The van der Waals surface area contributed by atoms with Crippen LogP contribution in [-0.4, -0.2) is 47.3 Å². The molecular formula is C20H30N4O3. The molecule has 1 aliphatic carbocycles. The summed E-state index contributed by atoms with van der Waals surface area (Å²) in [6.45, 7) is 7.43. The smallest absolute Gasteiger partial charge is 0.237 e. The molecule has 1 unspecified atom stereocenters. The number of aromatic nitrogens is 1. The molecule has 2 fully saturated rings. The Balaban J connectivity index is 1.49. The van der Waals surface area contributed by atoms with E-state index < -0.39 is 12.0 Å². The predicted molar refractivity (Wildman–Crippen MR) is 102 cm³/mol. The van der Waals surface area contributed by atoms with Crippen LogP contribution in [0, 0.1) is 17.2 Å². The lowest BCUT2D eigenvalue weighted by atomic mass is 9.89. The molecule has 0 spiro atoms. The van der Waals surface area contributed by atoms with Crippen LogP contribution in [0.4, 0.5) is 5.69 Å². The Morgan fingerprint density at radius 3 is 2.67 bits per heavy atom. The molecule has 1 aromatic heterocycles. The third-order valence-corrected chi connectivity index (χ3v) is 4.99. The van der Waals surface area contributed by atoms with Gasteiger partial charge >= 0.3 is 0 Å². The summed E-state index contributed by atoms with van der Waals surface area (Å²) in [7, 11) is 0. The van der Waals surface area contributed by atoms with Gasteiger partial charge in [0.2, 0.25) is 12.3 Å². The van der Waals surface area contributed by atoms with E-state index in [0.717, 1.165) is 44.5 Å². The van der Waals surface area contributed by atoms with E-state index in [0.29, 0.717) is 5.88 Å². The fraction of sp³-hybridized carbons (Fsp3) is 0.700. The van der Waals surface area contributed by atoms with E-state index in [1.807, 2.05) is 32.9 Å². The number of rotatable bonds is 6. The Bertz CT molecular complexity index is 656. The van der Waals surface area contributed by atoms with Crippen molar-refractivity contribution in [3.05, 3.63) is 18.3 Å². The van der Waals surface area contributed by atoms with E-state index in [1.54, 1.807) is 6.20 Å². The number of nitriles is 1. The van der Waals surface area contributed by atoms with E-state index in [2.05, 4.69) is 21.3 Å². The van der Waals surface area contributed by atoms with Crippen LogP contribution in [0.15, 0.2) is 18.3 Å². The molecule has 1 saturated heterocycles. The summed E-state index contributed by atoms with van der Waals surface area (Å²) in [5.74, 6) is 0.811. The molecule has 0 bridgehead atoms. The van der Waals surface area contributed by atoms with Crippen LogP contribution in [0.1, 0.15) is 46.5 Å². The Hall–Kier alpha value is -1.88. The van der Waals surface area contributed by atoms with Gasteiger partial charge in [0.15, 0.2) is 0 Å². The third-order valence-electron chi connectivity index (χ3n) is 4.99. The highest BCUT2D eigenvalue weighted by atomic mass is 16.6. The molecule has 1 saturated carbocycles. The van der Waals surface area contributed by atoms with E-state index in [9.17, 15) is 5.11 Å². The molecule has 148 valence electrons. The van der Waals surface area contributed by atoms with Crippen LogP contribution in [0.5, 0.6) is 5.88 Å². The standard InChI is InChI=1S/C20H30N4O3/c1-20(2,3)27-19(25)23-15-11-16(12-15)26-18-17(5-4-8-22-18)24-9-6-14(13-21)7-10-24/h4-5,8,14-16,19,23,25H,6-7,9-12H2,1-3H3. The zero-order chi connectivity index (χ0) is 19.4. The lowest BCUT2D eigenvalue weighted by molar-refractivity contribution is -0.190. The van der Waals surface area contributed by atoms with Gasteiger partial charge in [-0.2, -0.15) is 5.26 Å². The van der Waals surface area contributed by atoms with Gasteiger partial charge in [0.05, 0.1) is 17.4 Å². The van der Waals surface area contributed by atoms with Gasteiger partial charge in [0.25, 0.3) is 0 Å². The zero-order valence-electron chi connectivity index (χ0n) is 16.4. The number of aliphatic hydroxyl groups is 1. The van der Waals surface area contributed by atoms with E-state index in [1.165, 1.54) is 0 Å². The van der Waals surface area contributed by atoms with Crippen molar-refractivity contribution in [2.45, 2.75) is 70.6 Å². The second-order valence-corrected chi connectivity index (χ2v) is 8.38. The molecule has 7 heteroatoms. The van der Waals surface area contributed by atoms with Gasteiger partial charge in [-0.15, -0.1) is 0 Å². The summed E-state index contributed by atoms with van der Waals surface area (Å²) in [5.41, 5.74) is 0.606. The fourth-order valence-electron chi connectivity index (χ4n) is 3.49. The fourth-order valence-corrected chi connectivity index (χ4v) is 3.49. The monoisotopic (exact) mass is 374 g/mol. The second kappa shape index (κ2) is 8.42. The molecule has 0 amide bonds. The first-order valence-corrected chi connectivity index (χ1v) is 9.72. The minimum Gasteiger partial charge on any atom is -0.473 e. The molecule has 0 aromatic carbocycles. The van der Waals surface area contributed by atoms with Crippen molar-refractivity contribution in [2.75, 3.05) is 18.0 Å². The highest BCUT2D eigenvalue weighted by Crippen LogP contribution is 2.33. The molecular weight excluding hydrogens is 344 g/mol. The number of nitrogens with zero attached hydrogens (tertiary/aromatic N) is 3. The van der Waals surface area contributed by atoms with Gasteiger partial charge < -0.3 is 19.5 Å². The summed E-state index contributed by atoms with van der Waals surface area (Å²) in [6.07, 6.45) is 4.22. The SMILES string of the molecule is CC(C)(C)OC(O)NC1CC(Oc2ncccc2N2CCC(C#N)CC2)C1. The lowest BCUT2D eigenvalue weighted by Crippen LogP contribution is -2.52. The van der Waals surface area contributed by atoms with Gasteiger partial charge in [-0.05, 0) is 45.7 Å². The van der Waals surface area contributed by atoms with E-state index in [4.69, 9.17) is 14.7 Å². The maximum atomic E-state index is 9.94. The summed E-state index contributed by atoms with van der Waals surface area (Å²) in [6, 6.07) is 6.49. The van der Waals surface area contributed by atoms with Gasteiger partial charge in [-0.3, -0.25) is 5.32 Å². The van der Waals surface area contributed by atoms with Crippen LogP contribution in [0.3, 0.4) is 0 Å². The average Bonchev–Trinajstić information content (AvgIpc) is 2.59. The van der Waals surface area contributed by atoms with E-state index in [-0.39, 0.29) is 18.1 Å². The highest BCUT2D eigenvalue weighted by molar-refractivity contribution is 5.55. The molecule has 1 atom stereocenters. The molecule has 27 heavy (non-hydrogen) atoms. The van der Waals surface area contributed by atoms with Gasteiger partial charge in [0.1, 0.15) is 6.10 Å². The van der Waals surface area contributed by atoms with Crippen LogP contribution in [0.25, 0.3) is 0 Å². The number of piperidine rings is 1. The van der Waals surface area contributed by atoms with Crippen LogP contribution < -0.4 is 15.0 Å². The van der Waals surface area contributed by atoms with Crippen molar-refractivity contribution in [1.29, 1.82) is 5.26 Å². The number of pyridine rings is 1. The molecule has 1 aromatic rings. The maximum absolute atomic E-state index is 9.94. The molecule has 3 rings (SSSR count). The second-order valence-electron chi connectivity index (χ2n) is 8.38. The normalized spacial score (nSPS) is 24.8. The van der Waals surface area contributed by atoms with Crippen molar-refractivity contribution in [3.8, 4) is 11.9 Å². The first kappa shape index (κ1) is 19.9. The summed E-state index contributed by atoms with van der Waals surface area (Å²) in [5, 5.41) is 22.1. The van der Waals surface area contributed by atoms with E-state index >= 15 is 0 Å². The lowest BCUT2D eigenvalue weighted by Gasteiger charge is -2.39. The Morgan fingerprint density at radius 2 is 2.04 bits per heavy atom.